The summed E-state index contributed by atoms with van der Waals surface area (Å²) < 4.78 is 15.2. The van der Waals surface area contributed by atoms with Gasteiger partial charge >= 0.3 is 5.97 Å². The van der Waals surface area contributed by atoms with E-state index in [-0.39, 0.29) is 5.56 Å². The molecule has 126 valence electrons. The zero-order valence-corrected chi connectivity index (χ0v) is 13.6. The van der Waals surface area contributed by atoms with Gasteiger partial charge in [-0.3, -0.25) is 4.79 Å². The molecule has 0 radical (unpaired) electrons. The van der Waals surface area contributed by atoms with Crippen molar-refractivity contribution in [2.24, 2.45) is 0 Å². The van der Waals surface area contributed by atoms with Gasteiger partial charge in [0.25, 0.3) is 5.91 Å². The van der Waals surface area contributed by atoms with Gasteiger partial charge in [0.2, 0.25) is 5.88 Å². The van der Waals surface area contributed by atoms with Crippen molar-refractivity contribution in [1.29, 1.82) is 0 Å². The number of rotatable bonds is 6. The Morgan fingerprint density at radius 2 is 1.83 bits per heavy atom. The molecule has 0 aliphatic carbocycles. The molecule has 1 heterocycles. The largest absolute Gasteiger partial charge is 0.495 e. The minimum absolute atomic E-state index is 0.229. The first-order valence-corrected chi connectivity index (χ1v) is 7.20. The van der Waals surface area contributed by atoms with Crippen LogP contribution in [-0.4, -0.2) is 37.2 Å². The minimum atomic E-state index is -0.982. The van der Waals surface area contributed by atoms with E-state index < -0.39 is 18.0 Å². The Morgan fingerprint density at radius 3 is 2.46 bits per heavy atom. The highest BCUT2D eigenvalue weighted by Gasteiger charge is 2.20. The average molecular weight is 330 g/mol. The van der Waals surface area contributed by atoms with Gasteiger partial charge in [-0.25, -0.2) is 9.78 Å². The normalized spacial score (nSPS) is 11.3. The Labute approximate surface area is 139 Å². The summed E-state index contributed by atoms with van der Waals surface area (Å²) in [5, 5.41) is 2.66. The van der Waals surface area contributed by atoms with Crippen LogP contribution in [0.25, 0.3) is 0 Å². The predicted molar refractivity (Wildman–Crippen MR) is 87.3 cm³/mol. The molecule has 7 heteroatoms. The van der Waals surface area contributed by atoms with Crippen LogP contribution in [0, 0.1) is 0 Å². The summed E-state index contributed by atoms with van der Waals surface area (Å²) in [6.07, 6.45) is 0.343. The smallest absolute Gasteiger partial charge is 0.340 e. The van der Waals surface area contributed by atoms with E-state index >= 15 is 0 Å². The summed E-state index contributed by atoms with van der Waals surface area (Å²) in [5.41, 5.74) is 0.728. The molecule has 0 bridgehead atoms. The molecule has 1 aromatic heterocycles. The van der Waals surface area contributed by atoms with Gasteiger partial charge in [0.1, 0.15) is 5.75 Å². The van der Waals surface area contributed by atoms with Crippen molar-refractivity contribution < 1.29 is 23.8 Å². The molecule has 2 aromatic rings. The fraction of sp³-hybridized carbons (Fsp3) is 0.235. The number of hydrogen-bond acceptors (Lipinski definition) is 6. The second-order valence-electron chi connectivity index (χ2n) is 4.83. The Kier molecular flexibility index (Phi) is 5.73. The molecular formula is C17H18N2O5. The Hall–Kier alpha value is -3.09. The maximum Gasteiger partial charge on any atom is 0.340 e. The molecule has 1 amide bonds. The van der Waals surface area contributed by atoms with Crippen LogP contribution < -0.4 is 14.8 Å². The maximum atomic E-state index is 12.2. The maximum absolute atomic E-state index is 12.2. The molecule has 0 fully saturated rings. The lowest BCUT2D eigenvalue weighted by molar-refractivity contribution is -0.123. The number of carbonyl (C=O) groups excluding carboxylic acids is 2. The van der Waals surface area contributed by atoms with E-state index in [1.54, 1.807) is 24.3 Å². The number of hydrogen-bond donors (Lipinski definition) is 1. The van der Waals surface area contributed by atoms with E-state index in [1.165, 1.54) is 39.5 Å². The molecule has 1 atom stereocenters. The van der Waals surface area contributed by atoms with Crippen molar-refractivity contribution in [3.8, 4) is 11.6 Å². The topological polar surface area (TPSA) is 86.8 Å². The molecule has 24 heavy (non-hydrogen) atoms. The molecule has 0 unspecified atom stereocenters. The highest BCUT2D eigenvalue weighted by atomic mass is 16.5. The number of nitrogens with zero attached hydrogens (tertiary/aromatic N) is 1. The van der Waals surface area contributed by atoms with Crippen LogP contribution in [0.15, 0.2) is 42.6 Å². The lowest BCUT2D eigenvalue weighted by Gasteiger charge is -2.15. The van der Waals surface area contributed by atoms with E-state index in [2.05, 4.69) is 10.3 Å². The SMILES string of the molecule is COc1ccc(C(=O)O[C@H](C)C(=O)Nc2ccccc2OC)cn1. The van der Waals surface area contributed by atoms with Crippen LogP contribution >= 0.6 is 0 Å². The van der Waals surface area contributed by atoms with Crippen LogP contribution in [0.2, 0.25) is 0 Å². The van der Waals surface area contributed by atoms with Crippen LogP contribution in [-0.2, 0) is 9.53 Å². The molecule has 2 rings (SSSR count). The van der Waals surface area contributed by atoms with Crippen molar-refractivity contribution in [3.63, 3.8) is 0 Å². The summed E-state index contributed by atoms with van der Waals surface area (Å²) in [7, 11) is 2.98. The van der Waals surface area contributed by atoms with Gasteiger partial charge in [0, 0.05) is 12.3 Å². The third kappa shape index (κ3) is 4.22. The zero-order chi connectivity index (χ0) is 17.5. The standard InChI is InChI=1S/C17H18N2O5/c1-11(16(20)19-13-6-4-5-7-14(13)22-2)24-17(21)12-8-9-15(23-3)18-10-12/h4-11H,1-3H3,(H,19,20)/t11-/m1/s1. The average Bonchev–Trinajstić information content (AvgIpc) is 2.62. The number of ether oxygens (including phenoxy) is 3. The number of amides is 1. The zero-order valence-electron chi connectivity index (χ0n) is 13.6. The van der Waals surface area contributed by atoms with Gasteiger partial charge in [-0.2, -0.15) is 0 Å². The van der Waals surface area contributed by atoms with Crippen molar-refractivity contribution in [3.05, 3.63) is 48.2 Å². The number of esters is 1. The summed E-state index contributed by atoms with van der Waals surface area (Å²) in [6.45, 7) is 1.49. The first-order valence-electron chi connectivity index (χ1n) is 7.20. The van der Waals surface area contributed by atoms with E-state index in [4.69, 9.17) is 14.2 Å². The van der Waals surface area contributed by atoms with Gasteiger partial charge in [-0.15, -0.1) is 0 Å². The van der Waals surface area contributed by atoms with Crippen molar-refractivity contribution in [1.82, 2.24) is 4.98 Å². The molecule has 0 aliphatic heterocycles. The summed E-state index contributed by atoms with van der Waals surface area (Å²) in [4.78, 5) is 28.1. The number of para-hydroxylation sites is 2. The molecule has 0 saturated carbocycles. The predicted octanol–water partition coefficient (Wildman–Crippen LogP) is 2.28. The number of carbonyl (C=O) groups is 2. The van der Waals surface area contributed by atoms with E-state index in [0.717, 1.165) is 0 Å². The molecule has 0 saturated heterocycles. The van der Waals surface area contributed by atoms with Crippen LogP contribution in [0.4, 0.5) is 5.69 Å². The second kappa shape index (κ2) is 7.96. The summed E-state index contributed by atoms with van der Waals surface area (Å²) in [6, 6.07) is 10.0. The number of pyridine rings is 1. The van der Waals surface area contributed by atoms with Gasteiger partial charge in [0.15, 0.2) is 6.10 Å². The highest BCUT2D eigenvalue weighted by molar-refractivity contribution is 5.98. The Balaban J connectivity index is 1.98. The fourth-order valence-electron chi connectivity index (χ4n) is 1.89. The van der Waals surface area contributed by atoms with Gasteiger partial charge in [0.05, 0.1) is 25.5 Å². The number of benzene rings is 1. The van der Waals surface area contributed by atoms with Gasteiger partial charge in [-0.05, 0) is 25.1 Å². The van der Waals surface area contributed by atoms with E-state index in [0.29, 0.717) is 17.3 Å². The third-order valence-electron chi connectivity index (χ3n) is 3.20. The second-order valence-corrected chi connectivity index (χ2v) is 4.83. The third-order valence-corrected chi connectivity index (χ3v) is 3.20. The quantitative estimate of drug-likeness (QED) is 0.818. The first kappa shape index (κ1) is 17.3. The summed E-state index contributed by atoms with van der Waals surface area (Å²) >= 11 is 0. The van der Waals surface area contributed by atoms with Crippen molar-refractivity contribution in [2.45, 2.75) is 13.0 Å². The number of nitrogens with one attached hydrogen (secondary N) is 1. The molecule has 7 nitrogen and oxygen atoms in total. The van der Waals surface area contributed by atoms with Crippen molar-refractivity contribution >= 4 is 17.6 Å². The monoisotopic (exact) mass is 330 g/mol. The molecular weight excluding hydrogens is 312 g/mol. The van der Waals surface area contributed by atoms with Gasteiger partial charge < -0.3 is 19.5 Å². The number of methoxy groups -OCH3 is 2. The Bertz CT molecular complexity index is 715. The van der Waals surface area contributed by atoms with E-state index in [9.17, 15) is 9.59 Å². The number of anilines is 1. The lowest BCUT2D eigenvalue weighted by Crippen LogP contribution is -2.30. The van der Waals surface area contributed by atoms with Crippen molar-refractivity contribution in [2.75, 3.05) is 19.5 Å². The molecule has 1 aromatic carbocycles. The van der Waals surface area contributed by atoms with Crippen LogP contribution in [0.3, 0.4) is 0 Å². The summed E-state index contributed by atoms with van der Waals surface area (Å²) in [5.74, 6) is -0.209. The number of aromatic nitrogens is 1. The minimum Gasteiger partial charge on any atom is -0.495 e. The van der Waals surface area contributed by atoms with Crippen LogP contribution in [0.5, 0.6) is 11.6 Å². The highest BCUT2D eigenvalue weighted by Crippen LogP contribution is 2.23. The first-order chi connectivity index (χ1) is 11.5. The fourth-order valence-corrected chi connectivity index (χ4v) is 1.89. The molecule has 1 N–H and O–H groups in total. The molecule has 0 spiro atoms. The van der Waals surface area contributed by atoms with E-state index in [1.807, 2.05) is 0 Å². The molecule has 0 aliphatic rings. The lowest BCUT2D eigenvalue weighted by atomic mass is 10.2. The van der Waals surface area contributed by atoms with Crippen LogP contribution in [0.1, 0.15) is 17.3 Å². The Morgan fingerprint density at radius 1 is 1.08 bits per heavy atom. The van der Waals surface area contributed by atoms with Gasteiger partial charge in [-0.1, -0.05) is 12.1 Å².